The third-order valence-corrected chi connectivity index (χ3v) is 3.29. The summed E-state index contributed by atoms with van der Waals surface area (Å²) in [6.07, 6.45) is 5.26. The van der Waals surface area contributed by atoms with Crippen molar-refractivity contribution in [2.75, 3.05) is 26.2 Å². The second kappa shape index (κ2) is 9.11. The van der Waals surface area contributed by atoms with Crippen molar-refractivity contribution in [1.82, 2.24) is 10.4 Å². The molecular weight excluding hydrogens is 304 g/mol. The number of hydrazine groups is 1. The minimum Gasteiger partial charge on any atom is -0.359 e. The fraction of sp³-hybridized carbons (Fsp3) is 0.467. The molecule has 1 rings (SSSR count). The summed E-state index contributed by atoms with van der Waals surface area (Å²) >= 11 is 3.44. The van der Waals surface area contributed by atoms with Gasteiger partial charge in [0.05, 0.1) is 6.10 Å². The van der Waals surface area contributed by atoms with E-state index in [0.717, 1.165) is 29.7 Å². The number of hydrogen-bond donors (Lipinski definition) is 1. The van der Waals surface area contributed by atoms with Crippen molar-refractivity contribution < 1.29 is 4.74 Å². The quantitative estimate of drug-likeness (QED) is 0.587. The number of hydrogen-bond acceptors (Lipinski definition) is 3. The van der Waals surface area contributed by atoms with E-state index >= 15 is 0 Å². The molecule has 0 fully saturated rings. The lowest BCUT2D eigenvalue weighted by atomic mass is 10.1. The molecule has 1 N–H and O–H groups in total. The summed E-state index contributed by atoms with van der Waals surface area (Å²) < 4.78 is 6.82. The molecular formula is C15H21BrN2O. The van der Waals surface area contributed by atoms with Crippen LogP contribution in [-0.2, 0) is 4.74 Å². The Morgan fingerprint density at radius 3 is 2.58 bits per heavy atom. The molecule has 0 radical (unpaired) electrons. The molecule has 19 heavy (non-hydrogen) atoms. The Kier molecular flexibility index (Phi) is 7.76. The zero-order chi connectivity index (χ0) is 14.1. The number of benzene rings is 1. The molecule has 1 atom stereocenters. The third kappa shape index (κ3) is 5.75. The molecule has 4 heteroatoms. The highest BCUT2D eigenvalue weighted by Gasteiger charge is 2.15. The molecule has 1 aromatic rings. The van der Waals surface area contributed by atoms with Crippen molar-refractivity contribution in [3.63, 3.8) is 0 Å². The zero-order valence-electron chi connectivity index (χ0n) is 11.5. The molecule has 0 bridgehead atoms. The molecule has 0 saturated heterocycles. The highest BCUT2D eigenvalue weighted by Crippen LogP contribution is 2.20. The van der Waals surface area contributed by atoms with E-state index < -0.39 is 0 Å². The van der Waals surface area contributed by atoms with Crippen LogP contribution in [0.3, 0.4) is 0 Å². The first-order valence-electron chi connectivity index (χ1n) is 6.50. The third-order valence-electron chi connectivity index (χ3n) is 2.76. The Balaban J connectivity index is 2.76. The van der Waals surface area contributed by atoms with Gasteiger partial charge in [-0.1, -0.05) is 47.8 Å². The smallest absolute Gasteiger partial charge is 0.108 e. The summed E-state index contributed by atoms with van der Waals surface area (Å²) in [5.74, 6) is 2.53. The fourth-order valence-corrected chi connectivity index (χ4v) is 2.07. The van der Waals surface area contributed by atoms with Crippen LogP contribution in [0.2, 0.25) is 0 Å². The van der Waals surface area contributed by atoms with Gasteiger partial charge in [0.2, 0.25) is 0 Å². The Morgan fingerprint density at radius 2 is 2.05 bits per heavy atom. The van der Waals surface area contributed by atoms with Crippen LogP contribution >= 0.6 is 15.9 Å². The highest BCUT2D eigenvalue weighted by molar-refractivity contribution is 9.10. The van der Waals surface area contributed by atoms with Crippen LogP contribution in [0, 0.1) is 12.3 Å². The SMILES string of the molecule is C#CCOC(CN(CC)NCC)c1ccc(Br)cc1. The van der Waals surface area contributed by atoms with Gasteiger partial charge in [0.1, 0.15) is 6.61 Å². The molecule has 3 nitrogen and oxygen atoms in total. The van der Waals surface area contributed by atoms with E-state index in [2.05, 4.69) is 58.3 Å². The van der Waals surface area contributed by atoms with Gasteiger partial charge in [-0.05, 0) is 17.7 Å². The number of terminal acetylenes is 1. The first-order chi connectivity index (χ1) is 9.21. The molecule has 0 saturated carbocycles. The number of rotatable bonds is 8. The molecule has 1 unspecified atom stereocenters. The summed E-state index contributed by atoms with van der Waals surface area (Å²) in [5.41, 5.74) is 4.45. The maximum Gasteiger partial charge on any atom is 0.108 e. The molecule has 0 aliphatic rings. The molecule has 0 amide bonds. The van der Waals surface area contributed by atoms with Gasteiger partial charge in [0.25, 0.3) is 0 Å². The van der Waals surface area contributed by atoms with E-state index in [4.69, 9.17) is 11.2 Å². The molecule has 0 aliphatic carbocycles. The van der Waals surface area contributed by atoms with Crippen LogP contribution in [0.15, 0.2) is 28.7 Å². The number of likely N-dealkylation sites (N-methyl/N-ethyl adjacent to an activating group) is 1. The van der Waals surface area contributed by atoms with Crippen LogP contribution in [0.25, 0.3) is 0 Å². The number of halogens is 1. The fourth-order valence-electron chi connectivity index (χ4n) is 1.81. The molecule has 1 aromatic carbocycles. The van der Waals surface area contributed by atoms with Crippen molar-refractivity contribution in [3.05, 3.63) is 34.3 Å². The van der Waals surface area contributed by atoms with E-state index in [0.29, 0.717) is 6.61 Å². The van der Waals surface area contributed by atoms with Gasteiger partial charge in [0.15, 0.2) is 0 Å². The molecule has 0 aliphatic heterocycles. The van der Waals surface area contributed by atoms with Crippen molar-refractivity contribution in [1.29, 1.82) is 0 Å². The molecule has 0 aromatic heterocycles. The normalized spacial score (nSPS) is 12.4. The highest BCUT2D eigenvalue weighted by atomic mass is 79.9. The summed E-state index contributed by atoms with van der Waals surface area (Å²) in [6.45, 7) is 7.11. The maximum atomic E-state index is 5.76. The van der Waals surface area contributed by atoms with Gasteiger partial charge in [-0.15, -0.1) is 6.42 Å². The molecule has 0 spiro atoms. The Bertz CT molecular complexity index is 400. The zero-order valence-corrected chi connectivity index (χ0v) is 13.1. The van der Waals surface area contributed by atoms with E-state index in [1.807, 2.05) is 12.1 Å². The average Bonchev–Trinajstić information content (AvgIpc) is 2.43. The second-order valence-corrected chi connectivity index (χ2v) is 5.02. The summed E-state index contributed by atoms with van der Waals surface area (Å²) in [7, 11) is 0. The van der Waals surface area contributed by atoms with E-state index in [-0.39, 0.29) is 6.10 Å². The van der Waals surface area contributed by atoms with Crippen molar-refractivity contribution in [2.24, 2.45) is 0 Å². The first-order valence-corrected chi connectivity index (χ1v) is 7.29. The van der Waals surface area contributed by atoms with Crippen molar-refractivity contribution >= 4 is 15.9 Å². The average molecular weight is 325 g/mol. The van der Waals surface area contributed by atoms with Crippen LogP contribution in [-0.4, -0.2) is 31.3 Å². The summed E-state index contributed by atoms with van der Waals surface area (Å²) in [6, 6.07) is 8.16. The minimum absolute atomic E-state index is 0.0249. The van der Waals surface area contributed by atoms with Gasteiger partial charge in [-0.2, -0.15) is 0 Å². The minimum atomic E-state index is -0.0249. The van der Waals surface area contributed by atoms with E-state index in [1.54, 1.807) is 0 Å². The molecule has 104 valence electrons. The Hall–Kier alpha value is -0.860. The van der Waals surface area contributed by atoms with Gasteiger partial charge in [0, 0.05) is 24.1 Å². The lowest BCUT2D eigenvalue weighted by Crippen LogP contribution is -2.41. The lowest BCUT2D eigenvalue weighted by Gasteiger charge is -2.26. The number of nitrogens with one attached hydrogen (secondary N) is 1. The van der Waals surface area contributed by atoms with Gasteiger partial charge in [-0.3, -0.25) is 5.43 Å². The largest absolute Gasteiger partial charge is 0.359 e. The Labute approximate surface area is 124 Å². The van der Waals surface area contributed by atoms with Crippen LogP contribution in [0.4, 0.5) is 0 Å². The summed E-state index contributed by atoms with van der Waals surface area (Å²) in [5, 5.41) is 2.14. The monoisotopic (exact) mass is 324 g/mol. The standard InChI is InChI=1S/C15H21BrN2O/c1-4-11-19-15(12-18(6-3)17-5-2)13-7-9-14(16)10-8-13/h1,7-10,15,17H,5-6,11-12H2,2-3H3. The van der Waals surface area contributed by atoms with Crippen LogP contribution < -0.4 is 5.43 Å². The van der Waals surface area contributed by atoms with Crippen molar-refractivity contribution in [3.8, 4) is 12.3 Å². The van der Waals surface area contributed by atoms with Gasteiger partial charge in [-0.25, -0.2) is 5.01 Å². The van der Waals surface area contributed by atoms with Crippen molar-refractivity contribution in [2.45, 2.75) is 20.0 Å². The second-order valence-electron chi connectivity index (χ2n) is 4.11. The van der Waals surface area contributed by atoms with Crippen LogP contribution in [0.5, 0.6) is 0 Å². The van der Waals surface area contributed by atoms with Gasteiger partial charge >= 0.3 is 0 Å². The summed E-state index contributed by atoms with van der Waals surface area (Å²) in [4.78, 5) is 0. The lowest BCUT2D eigenvalue weighted by molar-refractivity contribution is 0.0305. The topological polar surface area (TPSA) is 24.5 Å². The predicted octanol–water partition coefficient (Wildman–Crippen LogP) is 2.99. The number of nitrogens with zero attached hydrogens (tertiary/aromatic N) is 1. The molecule has 0 heterocycles. The maximum absolute atomic E-state index is 5.76. The van der Waals surface area contributed by atoms with Crippen LogP contribution in [0.1, 0.15) is 25.5 Å². The van der Waals surface area contributed by atoms with E-state index in [1.165, 1.54) is 0 Å². The Morgan fingerprint density at radius 1 is 1.37 bits per heavy atom. The van der Waals surface area contributed by atoms with E-state index in [9.17, 15) is 0 Å². The predicted molar refractivity (Wildman–Crippen MR) is 82.6 cm³/mol. The number of ether oxygens (including phenoxy) is 1. The first kappa shape index (κ1) is 16.2. The van der Waals surface area contributed by atoms with Gasteiger partial charge < -0.3 is 4.74 Å².